The molecule has 1 aromatic carbocycles. The second-order valence-corrected chi connectivity index (χ2v) is 6.87. The van der Waals surface area contributed by atoms with Gasteiger partial charge in [-0.2, -0.15) is 0 Å². The van der Waals surface area contributed by atoms with Crippen molar-refractivity contribution in [1.82, 2.24) is 14.9 Å². The lowest BCUT2D eigenvalue weighted by Gasteiger charge is -2.09. The van der Waals surface area contributed by atoms with Crippen LogP contribution in [0, 0.1) is 0 Å². The number of hydrogen-bond acceptors (Lipinski definition) is 7. The summed E-state index contributed by atoms with van der Waals surface area (Å²) in [6.07, 6.45) is 0.135. The number of fused-ring (bicyclic) bond motifs is 1. The maximum atomic E-state index is 12.3. The van der Waals surface area contributed by atoms with Crippen LogP contribution < -0.4 is 10.9 Å². The molecule has 9 heteroatoms. The van der Waals surface area contributed by atoms with Gasteiger partial charge in [-0.05, 0) is 23.6 Å². The van der Waals surface area contributed by atoms with Gasteiger partial charge in [-0.3, -0.25) is 29.1 Å². The molecular weight excluding hydrogens is 382 g/mol. The number of carbonyl (C=O) groups is 3. The van der Waals surface area contributed by atoms with Crippen LogP contribution in [0.5, 0.6) is 0 Å². The van der Waals surface area contributed by atoms with Crippen LogP contribution in [0.4, 0.5) is 0 Å². The van der Waals surface area contributed by atoms with Crippen LogP contribution in [0.15, 0.2) is 46.6 Å². The zero-order valence-corrected chi connectivity index (χ0v) is 15.8. The molecule has 0 unspecified atom stereocenters. The summed E-state index contributed by atoms with van der Waals surface area (Å²) in [5.41, 5.74) is 0.362. The van der Waals surface area contributed by atoms with Crippen LogP contribution in [0.3, 0.4) is 0 Å². The highest BCUT2D eigenvalue weighted by Crippen LogP contribution is 2.09. The number of rotatable bonds is 6. The van der Waals surface area contributed by atoms with Crippen molar-refractivity contribution in [3.63, 3.8) is 0 Å². The highest BCUT2D eigenvalue weighted by molar-refractivity contribution is 7.12. The fourth-order valence-electron chi connectivity index (χ4n) is 2.55. The van der Waals surface area contributed by atoms with E-state index in [0.29, 0.717) is 21.6 Å². The first-order valence-electron chi connectivity index (χ1n) is 8.43. The number of ether oxygens (including phenoxy) is 1. The van der Waals surface area contributed by atoms with Gasteiger partial charge in [0.05, 0.1) is 22.2 Å². The van der Waals surface area contributed by atoms with E-state index >= 15 is 0 Å². The highest BCUT2D eigenvalue weighted by Gasteiger charge is 2.14. The minimum absolute atomic E-state index is 0.0508. The van der Waals surface area contributed by atoms with Gasteiger partial charge in [0.25, 0.3) is 17.4 Å². The van der Waals surface area contributed by atoms with Crippen LogP contribution in [0.2, 0.25) is 0 Å². The van der Waals surface area contributed by atoms with Crippen LogP contribution in [0.25, 0.3) is 10.9 Å². The number of benzene rings is 1. The van der Waals surface area contributed by atoms with Crippen molar-refractivity contribution in [1.29, 1.82) is 0 Å². The minimum atomic E-state index is -0.706. The Morgan fingerprint density at radius 2 is 1.96 bits per heavy atom. The quantitative estimate of drug-likeness (QED) is 0.629. The van der Waals surface area contributed by atoms with Crippen LogP contribution in [-0.4, -0.2) is 33.9 Å². The molecular formula is C19H17N3O5S. The summed E-state index contributed by atoms with van der Waals surface area (Å²) in [4.78, 5) is 52.5. The fourth-order valence-corrected chi connectivity index (χ4v) is 3.17. The third-order valence-electron chi connectivity index (χ3n) is 3.99. The number of aryl methyl sites for hydroxylation is 1. The molecule has 0 aliphatic carbocycles. The highest BCUT2D eigenvalue weighted by atomic mass is 32.1. The number of esters is 1. The smallest absolute Gasteiger partial charge is 0.306 e. The summed E-state index contributed by atoms with van der Waals surface area (Å²) < 4.78 is 6.28. The van der Waals surface area contributed by atoms with E-state index in [9.17, 15) is 19.2 Å². The van der Waals surface area contributed by atoms with E-state index in [1.807, 2.05) is 0 Å². The average Bonchev–Trinajstić information content (AvgIpc) is 3.23. The molecule has 0 aliphatic heterocycles. The van der Waals surface area contributed by atoms with Crippen LogP contribution >= 0.6 is 11.3 Å². The van der Waals surface area contributed by atoms with Gasteiger partial charge in [0.2, 0.25) is 0 Å². The van der Waals surface area contributed by atoms with E-state index in [-0.39, 0.29) is 18.4 Å². The topological polar surface area (TPSA) is 107 Å². The molecule has 0 spiro atoms. The van der Waals surface area contributed by atoms with Gasteiger partial charge in [-0.15, -0.1) is 11.3 Å². The van der Waals surface area contributed by atoms with Gasteiger partial charge in [0, 0.05) is 13.5 Å². The van der Waals surface area contributed by atoms with Gasteiger partial charge in [0.15, 0.2) is 6.61 Å². The normalized spacial score (nSPS) is 10.6. The molecule has 1 N–H and O–H groups in total. The number of amides is 2. The third-order valence-corrected chi connectivity index (χ3v) is 4.86. The van der Waals surface area contributed by atoms with Crippen LogP contribution in [-0.2, 0) is 27.8 Å². The van der Waals surface area contributed by atoms with Crippen molar-refractivity contribution in [2.75, 3.05) is 6.61 Å². The molecule has 0 bridgehead atoms. The predicted molar refractivity (Wildman–Crippen MR) is 103 cm³/mol. The van der Waals surface area contributed by atoms with Gasteiger partial charge < -0.3 is 4.74 Å². The summed E-state index contributed by atoms with van der Waals surface area (Å²) in [7, 11) is 1.59. The van der Waals surface area contributed by atoms with Gasteiger partial charge in [-0.1, -0.05) is 18.2 Å². The lowest BCUT2D eigenvalue weighted by atomic mass is 10.2. The second-order valence-electron chi connectivity index (χ2n) is 5.92. The van der Waals surface area contributed by atoms with Crippen molar-refractivity contribution in [3.05, 3.63) is 62.8 Å². The second kappa shape index (κ2) is 8.57. The Kier molecular flexibility index (Phi) is 5.95. The standard InChI is InChI=1S/C19H17N3O5S/c1-22-15(20-13-6-3-2-5-12(13)19(22)26)8-9-17(24)27-11-16(23)21-18(25)14-7-4-10-28-14/h2-7,10H,8-9,11H2,1H3,(H,21,23,25). The summed E-state index contributed by atoms with van der Waals surface area (Å²) in [6, 6.07) is 10.2. The molecule has 3 aromatic rings. The van der Waals surface area contributed by atoms with Gasteiger partial charge in [0.1, 0.15) is 5.82 Å². The number of nitrogens with zero attached hydrogens (tertiary/aromatic N) is 2. The summed E-state index contributed by atoms with van der Waals surface area (Å²) in [5, 5.41) is 4.36. The van der Waals surface area contributed by atoms with E-state index in [1.165, 1.54) is 15.9 Å². The number of hydrogen-bond donors (Lipinski definition) is 1. The average molecular weight is 399 g/mol. The number of thiophene rings is 1. The van der Waals surface area contributed by atoms with Crippen LogP contribution in [0.1, 0.15) is 21.9 Å². The zero-order chi connectivity index (χ0) is 20.1. The number of para-hydroxylation sites is 1. The van der Waals surface area contributed by atoms with E-state index in [4.69, 9.17) is 4.74 Å². The van der Waals surface area contributed by atoms with Crippen molar-refractivity contribution in [3.8, 4) is 0 Å². The summed E-state index contributed by atoms with van der Waals surface area (Å²) in [5.74, 6) is -1.42. The lowest BCUT2D eigenvalue weighted by molar-refractivity contribution is -0.148. The Bertz CT molecular complexity index is 1090. The van der Waals surface area contributed by atoms with Crippen molar-refractivity contribution in [2.45, 2.75) is 12.8 Å². The van der Waals surface area contributed by atoms with E-state index < -0.39 is 24.4 Å². The number of imide groups is 1. The third kappa shape index (κ3) is 4.49. The first-order valence-corrected chi connectivity index (χ1v) is 9.31. The molecule has 0 aliphatic rings. The number of aromatic nitrogens is 2. The van der Waals surface area contributed by atoms with Crippen molar-refractivity contribution in [2.24, 2.45) is 7.05 Å². The SMILES string of the molecule is Cn1c(CCC(=O)OCC(=O)NC(=O)c2cccs2)nc2ccccc2c1=O. The molecule has 2 amide bonds. The van der Waals surface area contributed by atoms with E-state index in [0.717, 1.165) is 0 Å². The fraction of sp³-hybridized carbons (Fsp3) is 0.211. The monoisotopic (exact) mass is 399 g/mol. The molecule has 3 rings (SSSR count). The molecule has 144 valence electrons. The molecule has 2 aromatic heterocycles. The van der Waals surface area contributed by atoms with Crippen molar-refractivity contribution >= 4 is 40.0 Å². The lowest BCUT2D eigenvalue weighted by Crippen LogP contribution is -2.33. The van der Waals surface area contributed by atoms with Gasteiger partial charge in [-0.25, -0.2) is 4.98 Å². The van der Waals surface area contributed by atoms with E-state index in [1.54, 1.807) is 48.8 Å². The Balaban J connectivity index is 1.52. The molecule has 0 atom stereocenters. The Hall–Kier alpha value is -3.33. The molecule has 0 saturated carbocycles. The maximum Gasteiger partial charge on any atom is 0.306 e. The molecule has 0 fully saturated rings. The molecule has 2 heterocycles. The Labute approximate surface area is 163 Å². The van der Waals surface area contributed by atoms with Gasteiger partial charge >= 0.3 is 5.97 Å². The Morgan fingerprint density at radius 1 is 1.18 bits per heavy atom. The molecule has 28 heavy (non-hydrogen) atoms. The zero-order valence-electron chi connectivity index (χ0n) is 15.0. The molecule has 0 saturated heterocycles. The number of nitrogens with one attached hydrogen (secondary N) is 1. The molecule has 8 nitrogen and oxygen atoms in total. The maximum absolute atomic E-state index is 12.3. The Morgan fingerprint density at radius 3 is 2.71 bits per heavy atom. The predicted octanol–water partition coefficient (Wildman–Crippen LogP) is 1.43. The summed E-state index contributed by atoms with van der Waals surface area (Å²) >= 11 is 1.20. The summed E-state index contributed by atoms with van der Waals surface area (Å²) in [6.45, 7) is -0.556. The first kappa shape index (κ1) is 19.4. The number of carbonyl (C=O) groups excluding carboxylic acids is 3. The molecule has 0 radical (unpaired) electrons. The largest absolute Gasteiger partial charge is 0.456 e. The minimum Gasteiger partial charge on any atom is -0.456 e. The van der Waals surface area contributed by atoms with E-state index in [2.05, 4.69) is 10.3 Å². The van der Waals surface area contributed by atoms with Crippen molar-refractivity contribution < 1.29 is 19.1 Å². The first-order chi connectivity index (χ1) is 13.5.